The lowest BCUT2D eigenvalue weighted by atomic mass is 9.82. The lowest BCUT2D eigenvalue weighted by molar-refractivity contribution is -0.120. The Morgan fingerprint density at radius 1 is 0.941 bits per heavy atom. The number of anilines is 2. The normalized spacial score (nSPS) is 25.2. The van der Waals surface area contributed by atoms with Crippen molar-refractivity contribution in [1.29, 1.82) is 10.5 Å². The quantitative estimate of drug-likeness (QED) is 0.413. The highest BCUT2D eigenvalue weighted by Gasteiger charge is 2.77. The van der Waals surface area contributed by atoms with Crippen molar-refractivity contribution in [2.24, 2.45) is 5.41 Å². The van der Waals surface area contributed by atoms with E-state index in [1.54, 1.807) is 24.3 Å². The van der Waals surface area contributed by atoms with Crippen LogP contribution in [0.1, 0.15) is 24.0 Å². The first-order chi connectivity index (χ1) is 16.5. The number of nitriles is 2. The number of allylic oxidation sites excluding steroid dienone is 1. The maximum atomic E-state index is 13.6. The summed E-state index contributed by atoms with van der Waals surface area (Å²) < 4.78 is 0. The van der Waals surface area contributed by atoms with Gasteiger partial charge in [0.05, 0.1) is 47.3 Å². The average Bonchev–Trinajstić information content (AvgIpc) is 3.38. The molecule has 2 aliphatic heterocycles. The first-order valence-corrected chi connectivity index (χ1v) is 10.7. The molecule has 1 spiro atoms. The zero-order valence-corrected chi connectivity index (χ0v) is 18.2. The molecule has 34 heavy (non-hydrogen) atoms. The number of rotatable bonds is 4. The van der Waals surface area contributed by atoms with Crippen LogP contribution in [0.3, 0.4) is 0 Å². The minimum atomic E-state index is -1.16. The number of carbonyl (C=O) groups is 2. The second kappa shape index (κ2) is 7.38. The standard InChI is InChI=1S/C28H18N4O2/c1-3-13-31-22-11-7-5-9-20(22)24(25(31)33)19(16-29)15-27(18-30)17-28(27)21-10-6-8-12-23(21)32(14-4-2)26(28)34/h1-2,5-12H,13-15,17H2/b24-19+/t27-,28-/m0/s1. The number of para-hydroxylation sites is 2. The summed E-state index contributed by atoms with van der Waals surface area (Å²) in [5.74, 6) is 4.40. The molecule has 3 aliphatic rings. The van der Waals surface area contributed by atoms with Crippen LogP contribution < -0.4 is 9.80 Å². The van der Waals surface area contributed by atoms with E-state index in [-0.39, 0.29) is 48.9 Å². The van der Waals surface area contributed by atoms with Crippen molar-refractivity contribution >= 4 is 28.8 Å². The van der Waals surface area contributed by atoms with E-state index in [2.05, 4.69) is 24.0 Å². The molecule has 6 heteroatoms. The maximum Gasteiger partial charge on any atom is 0.260 e. The minimum absolute atomic E-state index is 0.0245. The first-order valence-electron chi connectivity index (χ1n) is 10.7. The molecule has 162 valence electrons. The van der Waals surface area contributed by atoms with Crippen LogP contribution in [0.15, 0.2) is 54.1 Å². The van der Waals surface area contributed by atoms with Crippen molar-refractivity contribution in [1.82, 2.24) is 0 Å². The summed E-state index contributed by atoms with van der Waals surface area (Å²) in [5.41, 5.74) is 0.845. The second-order valence-corrected chi connectivity index (χ2v) is 8.64. The highest BCUT2D eigenvalue weighted by Crippen LogP contribution is 2.72. The number of carbonyl (C=O) groups excluding carboxylic acids is 2. The topological polar surface area (TPSA) is 88.2 Å². The maximum absolute atomic E-state index is 13.6. The average molecular weight is 442 g/mol. The zero-order chi connectivity index (χ0) is 24.1. The third-order valence-corrected chi connectivity index (χ3v) is 7.08. The number of benzene rings is 2. The van der Waals surface area contributed by atoms with Crippen molar-refractivity contribution < 1.29 is 9.59 Å². The fourth-order valence-electron chi connectivity index (χ4n) is 5.51. The number of nitrogens with zero attached hydrogens (tertiary/aromatic N) is 4. The summed E-state index contributed by atoms with van der Waals surface area (Å²) in [4.78, 5) is 29.9. The van der Waals surface area contributed by atoms with Crippen LogP contribution in [-0.2, 0) is 15.0 Å². The van der Waals surface area contributed by atoms with Crippen LogP contribution >= 0.6 is 0 Å². The molecular weight excluding hydrogens is 424 g/mol. The van der Waals surface area contributed by atoms with Gasteiger partial charge in [-0.25, -0.2) is 0 Å². The summed E-state index contributed by atoms with van der Waals surface area (Å²) >= 11 is 0. The van der Waals surface area contributed by atoms with Gasteiger partial charge in [0.15, 0.2) is 0 Å². The Bertz CT molecular complexity index is 1480. The van der Waals surface area contributed by atoms with Crippen molar-refractivity contribution in [2.45, 2.75) is 18.3 Å². The summed E-state index contributed by atoms with van der Waals surface area (Å²) in [5, 5.41) is 20.4. The number of fused-ring (bicyclic) bond motifs is 3. The smallest absolute Gasteiger partial charge is 0.260 e. The molecule has 0 unspecified atom stereocenters. The molecule has 2 atom stereocenters. The number of hydrogen-bond donors (Lipinski definition) is 0. The Morgan fingerprint density at radius 3 is 2.26 bits per heavy atom. The number of hydrogen-bond acceptors (Lipinski definition) is 4. The Labute approximate surface area is 197 Å². The molecule has 1 fully saturated rings. The Kier molecular flexibility index (Phi) is 4.58. The lowest BCUT2D eigenvalue weighted by Crippen LogP contribution is -2.35. The molecule has 6 nitrogen and oxygen atoms in total. The fourth-order valence-corrected chi connectivity index (χ4v) is 5.51. The van der Waals surface area contributed by atoms with Gasteiger partial charge in [-0.2, -0.15) is 10.5 Å². The molecule has 1 aliphatic carbocycles. The third-order valence-electron chi connectivity index (χ3n) is 7.08. The van der Waals surface area contributed by atoms with Crippen LogP contribution in [0.4, 0.5) is 11.4 Å². The van der Waals surface area contributed by atoms with Crippen molar-refractivity contribution in [2.75, 3.05) is 22.9 Å². The Balaban J connectivity index is 1.62. The van der Waals surface area contributed by atoms with Crippen LogP contribution in [0.25, 0.3) is 5.57 Å². The highest BCUT2D eigenvalue weighted by atomic mass is 16.2. The SMILES string of the molecule is C#CCN1C(=O)/C(=C(/C#N)C[C@@]2(C#N)C[C@]23C(=O)N(CC#C)c2ccccc23)c2ccccc21. The third kappa shape index (κ3) is 2.52. The molecule has 1 saturated carbocycles. The zero-order valence-electron chi connectivity index (χ0n) is 18.2. The van der Waals surface area contributed by atoms with E-state index in [4.69, 9.17) is 12.8 Å². The Morgan fingerprint density at radius 2 is 1.59 bits per heavy atom. The van der Waals surface area contributed by atoms with E-state index in [0.717, 1.165) is 5.56 Å². The van der Waals surface area contributed by atoms with Crippen LogP contribution in [0.2, 0.25) is 0 Å². The molecule has 0 bridgehead atoms. The van der Waals surface area contributed by atoms with E-state index >= 15 is 0 Å². The van der Waals surface area contributed by atoms with Gasteiger partial charge in [-0.3, -0.25) is 19.4 Å². The van der Waals surface area contributed by atoms with Crippen molar-refractivity contribution in [3.05, 3.63) is 65.2 Å². The molecule has 0 saturated heterocycles. The molecule has 2 aromatic carbocycles. The summed E-state index contributed by atoms with van der Waals surface area (Å²) in [6.07, 6.45) is 11.2. The van der Waals surface area contributed by atoms with E-state index in [1.165, 1.54) is 9.80 Å². The predicted molar refractivity (Wildman–Crippen MR) is 127 cm³/mol. The van der Waals surface area contributed by atoms with Gasteiger partial charge < -0.3 is 0 Å². The summed E-state index contributed by atoms with van der Waals surface area (Å²) in [7, 11) is 0. The minimum Gasteiger partial charge on any atom is -0.300 e. The van der Waals surface area contributed by atoms with Gasteiger partial charge >= 0.3 is 0 Å². The van der Waals surface area contributed by atoms with Crippen LogP contribution in [-0.4, -0.2) is 24.9 Å². The van der Waals surface area contributed by atoms with E-state index in [1.807, 2.05) is 24.3 Å². The van der Waals surface area contributed by atoms with Gasteiger partial charge in [-0.1, -0.05) is 48.2 Å². The van der Waals surface area contributed by atoms with E-state index in [9.17, 15) is 20.1 Å². The molecule has 2 amide bonds. The predicted octanol–water partition coefficient (Wildman–Crippen LogP) is 3.17. The van der Waals surface area contributed by atoms with Gasteiger partial charge in [-0.05, 0) is 24.1 Å². The van der Waals surface area contributed by atoms with Gasteiger partial charge in [0.25, 0.3) is 5.91 Å². The lowest BCUT2D eigenvalue weighted by Gasteiger charge is -2.17. The largest absolute Gasteiger partial charge is 0.300 e. The summed E-state index contributed by atoms with van der Waals surface area (Å²) in [6.45, 7) is 0.163. The van der Waals surface area contributed by atoms with Crippen LogP contribution in [0.5, 0.6) is 0 Å². The van der Waals surface area contributed by atoms with Gasteiger partial charge in [0, 0.05) is 23.2 Å². The van der Waals surface area contributed by atoms with Crippen molar-refractivity contribution in [3.8, 4) is 36.8 Å². The highest BCUT2D eigenvalue weighted by molar-refractivity contribution is 6.33. The summed E-state index contributed by atoms with van der Waals surface area (Å²) in [6, 6.07) is 18.9. The number of terminal acetylenes is 2. The van der Waals surface area contributed by atoms with E-state index in [0.29, 0.717) is 16.9 Å². The van der Waals surface area contributed by atoms with Gasteiger partial charge in [-0.15, -0.1) is 12.8 Å². The fraction of sp³-hybridized carbons (Fsp3) is 0.214. The molecule has 2 aromatic rings. The molecular formula is C28H18N4O2. The van der Waals surface area contributed by atoms with Crippen LogP contribution in [0, 0.1) is 52.8 Å². The number of amides is 2. The Hall–Kier alpha value is -4.78. The van der Waals surface area contributed by atoms with E-state index < -0.39 is 10.8 Å². The molecule has 2 heterocycles. The van der Waals surface area contributed by atoms with Gasteiger partial charge in [0.1, 0.15) is 0 Å². The monoisotopic (exact) mass is 442 g/mol. The molecule has 5 rings (SSSR count). The molecule has 0 N–H and O–H groups in total. The first kappa shape index (κ1) is 21.1. The second-order valence-electron chi connectivity index (χ2n) is 8.64. The molecule has 0 aromatic heterocycles. The van der Waals surface area contributed by atoms with Crippen molar-refractivity contribution in [3.63, 3.8) is 0 Å². The molecule has 0 radical (unpaired) electrons. The van der Waals surface area contributed by atoms with Gasteiger partial charge in [0.2, 0.25) is 5.91 Å².